The third kappa shape index (κ3) is 49.1. The Balaban J connectivity index is 0.000000536. The van der Waals surface area contributed by atoms with Crippen molar-refractivity contribution in [3.8, 4) is 33.8 Å². The summed E-state index contributed by atoms with van der Waals surface area (Å²) >= 11 is 22.5. The fourth-order valence-electron chi connectivity index (χ4n) is 11.2. The highest BCUT2D eigenvalue weighted by Crippen LogP contribution is 2.29. The number of nitrogen functional groups attached to an aromatic ring is 2. The summed E-state index contributed by atoms with van der Waals surface area (Å²) in [6.07, 6.45) is 5.73. The summed E-state index contributed by atoms with van der Waals surface area (Å²) in [6.45, 7) is 1.99. The summed E-state index contributed by atoms with van der Waals surface area (Å²) in [7, 11) is 0.356. The molecule has 0 unspecified atom stereocenters. The van der Waals surface area contributed by atoms with Crippen LogP contribution in [0.2, 0.25) is 20.6 Å². The summed E-state index contributed by atoms with van der Waals surface area (Å²) in [5, 5.41) is 43.5. The molecule has 0 spiro atoms. The Morgan fingerprint density at radius 3 is 0.964 bits per heavy atom. The summed E-state index contributed by atoms with van der Waals surface area (Å²) in [4.78, 5) is 51.6. The van der Waals surface area contributed by atoms with Crippen molar-refractivity contribution in [3.63, 3.8) is 0 Å². The van der Waals surface area contributed by atoms with E-state index in [9.17, 15) is 62.3 Å². The lowest BCUT2D eigenvalue weighted by molar-refractivity contribution is -0.385. The second-order valence-corrected chi connectivity index (χ2v) is 39.4. The Morgan fingerprint density at radius 1 is 0.360 bits per heavy atom. The van der Waals surface area contributed by atoms with Crippen LogP contribution in [-0.4, -0.2) is 173 Å². The van der Waals surface area contributed by atoms with Crippen molar-refractivity contribution >= 4 is 153 Å². The first-order valence-corrected chi connectivity index (χ1v) is 50.4. The molecule has 4 aromatic heterocycles. The van der Waals surface area contributed by atoms with Gasteiger partial charge >= 0.3 is 7.12 Å². The highest BCUT2D eigenvalue weighted by atomic mass is 35.7. The standard InChI is InChI=1S/C20H22N4O3S.2C12H11ClN2O.C8H11BO3.C8H10N2O4S.2C8H12N2O2S.C7H6ClNO4S.C4H2Cl2N2.CH5N.2CH4/c1-21-28(25,26)13-15-6-5-8-17(10-15)24-20-11-19(22-14-23-20)18-9-4-3-7-16(18)12-27-2;2*1-16-7-9-4-2-3-5-10(9)11-6-12(13)15-8-14-11;1-12-6-7-4-2-3-5-8(7)9(10)11;1-9-15(13,14)6-7-3-2-4-8(5-7)10(11)12;2*1-10-13(11,12)6-7-3-2-4-8(9)5-7;8-14(12,13)5-6-2-1-3-7(4-6)9(10)11;5-3-1-4(6)8-2-7-3;1-2;;/h3-11,14,21H,12-13H2,1-2H3,(H,22,23,24);2*2-6,8H,7H2,1H3;2-5,10-11H,6H2,1H3;2-5,9H,6H2,1H3;2*2-5,10H,6,9H2,1H3;1-4H,5H2;1-2H;2H2,1H3;2*1H4. The number of rotatable bonds is 30. The number of halogens is 5. The number of sulfonamides is 4. The lowest BCUT2D eigenvalue weighted by atomic mass is 9.77. The molecule has 4 heterocycles. The van der Waals surface area contributed by atoms with Crippen LogP contribution in [0.1, 0.15) is 64.9 Å². The zero-order valence-electron chi connectivity index (χ0n) is 75.2. The molecule has 9 aromatic carbocycles. The molecule has 748 valence electrons. The summed E-state index contributed by atoms with van der Waals surface area (Å²) in [5.41, 5.74) is 29.8. The summed E-state index contributed by atoms with van der Waals surface area (Å²) in [6, 6.07) is 69.4. The summed E-state index contributed by atoms with van der Waals surface area (Å²) < 4.78 is 141. The highest BCUT2D eigenvalue weighted by molar-refractivity contribution is 8.13. The number of nitrogens with two attached hydrogens (primary N) is 3. The van der Waals surface area contributed by atoms with Crippen molar-refractivity contribution in [1.29, 1.82) is 0 Å². The smallest absolute Gasteiger partial charge is 0.423 e. The lowest BCUT2D eigenvalue weighted by Crippen LogP contribution is -2.33. The van der Waals surface area contributed by atoms with E-state index in [4.69, 9.17) is 97.5 Å². The summed E-state index contributed by atoms with van der Waals surface area (Å²) in [5.74, 6) is -0.200. The maximum absolute atomic E-state index is 11.8. The van der Waals surface area contributed by atoms with E-state index >= 15 is 0 Å². The molecule has 0 fully saturated rings. The molecule has 49 heteroatoms. The minimum Gasteiger partial charge on any atom is -0.423 e. The van der Waals surface area contributed by atoms with Crippen LogP contribution in [0.5, 0.6) is 0 Å². The molecule has 0 radical (unpaired) electrons. The van der Waals surface area contributed by atoms with Gasteiger partial charge in [-0.15, -0.1) is 0 Å². The van der Waals surface area contributed by atoms with Crippen LogP contribution in [0.15, 0.2) is 268 Å². The number of nitro groups is 2. The number of nitrogens with one attached hydrogen (secondary N) is 5. The number of benzene rings is 9. The van der Waals surface area contributed by atoms with Crippen LogP contribution in [0.3, 0.4) is 0 Å². The number of hydrogen-bond donors (Lipinski definition) is 10. The van der Waals surface area contributed by atoms with Gasteiger partial charge in [-0.05, 0) is 127 Å². The Kier molecular flexibility index (Phi) is 57.3. The van der Waals surface area contributed by atoms with Crippen molar-refractivity contribution in [2.24, 2.45) is 5.73 Å². The maximum Gasteiger partial charge on any atom is 0.488 e. The topological polar surface area (TPSA) is 576 Å². The van der Waals surface area contributed by atoms with Crippen LogP contribution < -0.4 is 46.9 Å². The largest absolute Gasteiger partial charge is 0.488 e. The molecule has 0 aliphatic heterocycles. The molecule has 0 amide bonds. The van der Waals surface area contributed by atoms with Crippen LogP contribution in [0.25, 0.3) is 33.8 Å². The average molecular weight is 2110 g/mol. The second kappa shape index (κ2) is 64.5. The van der Waals surface area contributed by atoms with Gasteiger partial charge in [0.25, 0.3) is 11.4 Å². The molecule has 38 nitrogen and oxygen atoms in total. The van der Waals surface area contributed by atoms with E-state index in [0.717, 1.165) is 61.7 Å². The molecule has 0 aliphatic rings. The molecule has 0 aliphatic carbocycles. The third-order valence-electron chi connectivity index (χ3n) is 17.3. The first-order chi connectivity index (χ1) is 65.1. The highest BCUT2D eigenvalue weighted by Gasteiger charge is 2.19. The number of nitro benzene ring substituents is 2. The predicted octanol–water partition coefficient (Wildman–Crippen LogP) is 14.1. The van der Waals surface area contributed by atoms with Crippen molar-refractivity contribution in [1.82, 2.24) is 58.8 Å². The predicted molar refractivity (Wildman–Crippen MR) is 550 cm³/mol. The monoisotopic (exact) mass is 2110 g/mol. The average Bonchev–Trinajstić information content (AvgIpc) is 0.830. The number of aromatic nitrogens is 8. The van der Waals surface area contributed by atoms with Crippen LogP contribution in [-0.2, 0) is 123 Å². The van der Waals surface area contributed by atoms with Gasteiger partial charge in [-0.25, -0.2) is 101 Å². The normalized spacial score (nSPS) is 10.6. The molecule has 0 saturated heterocycles. The fourth-order valence-corrected chi connectivity index (χ4v) is 15.9. The van der Waals surface area contributed by atoms with Crippen LogP contribution in [0, 0.1) is 20.2 Å². The molecule has 0 bridgehead atoms. The molecular formula is C90H110BCl5N18O20S5. The van der Waals surface area contributed by atoms with Gasteiger partial charge in [-0.3, -0.25) is 20.2 Å². The lowest BCUT2D eigenvalue weighted by Gasteiger charge is -2.11. The third-order valence-corrected chi connectivity index (χ3v) is 24.5. The van der Waals surface area contributed by atoms with Crippen LogP contribution >= 0.6 is 57.1 Å². The molecule has 0 atom stereocenters. The number of methoxy groups -OCH3 is 4. The van der Waals surface area contributed by atoms with Gasteiger partial charge in [0.15, 0.2) is 0 Å². The Morgan fingerprint density at radius 2 is 0.647 bits per heavy atom. The van der Waals surface area contributed by atoms with Gasteiger partial charge in [0.1, 0.15) is 51.7 Å². The van der Waals surface area contributed by atoms with Crippen molar-refractivity contribution in [3.05, 3.63) is 359 Å². The van der Waals surface area contributed by atoms with Crippen molar-refractivity contribution in [2.75, 3.05) is 80.5 Å². The van der Waals surface area contributed by atoms with E-state index in [1.54, 1.807) is 126 Å². The Bertz CT molecular complexity index is 6410. The van der Waals surface area contributed by atoms with E-state index in [1.165, 1.54) is 115 Å². The van der Waals surface area contributed by atoms with Gasteiger partial charge < -0.3 is 51.5 Å². The van der Waals surface area contributed by atoms with Gasteiger partial charge in [-0.2, -0.15) is 0 Å². The van der Waals surface area contributed by atoms with E-state index in [1.807, 2.05) is 91.0 Å². The van der Waals surface area contributed by atoms with E-state index < -0.39 is 71.9 Å². The maximum atomic E-state index is 11.8. The quantitative estimate of drug-likeness (QED) is 0.00499. The number of anilines is 4. The Labute approximate surface area is 835 Å². The van der Waals surface area contributed by atoms with Crippen molar-refractivity contribution < 1.29 is 80.9 Å². The minimum atomic E-state index is -3.67. The number of non-ortho nitro benzene ring substituents is 2. The molecule has 139 heavy (non-hydrogen) atoms. The number of hydrogen-bond acceptors (Lipinski definition) is 32. The molecule has 13 rings (SSSR count). The number of nitrogens with zero attached hydrogens (tertiary/aromatic N) is 10. The van der Waals surface area contributed by atoms with Gasteiger partial charge in [0.2, 0.25) is 49.1 Å². The molecule has 13 N–H and O–H groups in total. The zero-order chi connectivity index (χ0) is 102. The zero-order valence-corrected chi connectivity index (χ0v) is 83.1. The van der Waals surface area contributed by atoms with Gasteiger partial charge in [-0.1, -0.05) is 219 Å². The first kappa shape index (κ1) is 123. The van der Waals surface area contributed by atoms with E-state index in [0.29, 0.717) is 97.5 Å². The van der Waals surface area contributed by atoms with E-state index in [2.05, 4.69) is 69.8 Å². The fraction of sp³-hybridized carbons (Fsp3) is 0.222. The first-order valence-electron chi connectivity index (χ1n) is 39.8. The van der Waals surface area contributed by atoms with Gasteiger partial charge in [0, 0.05) is 121 Å². The van der Waals surface area contributed by atoms with Crippen LogP contribution in [0.4, 0.5) is 34.3 Å². The van der Waals surface area contributed by atoms with Crippen molar-refractivity contribution in [2.45, 2.75) is 70.0 Å². The minimum absolute atomic E-state index is 0. The number of ether oxygens (including phenoxy) is 4. The second-order valence-electron chi connectivity index (χ2n) is 27.4. The molecular weight excluding hydrogens is 2000 g/mol. The molecule has 0 saturated carbocycles. The van der Waals surface area contributed by atoms with Gasteiger partial charge in [0.05, 0.1) is 82.1 Å². The Hall–Kier alpha value is -11.7. The van der Waals surface area contributed by atoms with E-state index in [-0.39, 0.29) is 49.2 Å². The molecule has 13 aromatic rings. The SMILES string of the molecule is C.C.CN.CNS(=O)(=O)Cc1cccc(N)c1.CNS(=O)(=O)Cc1cccc(N)c1.CNS(=O)(=O)Cc1cccc(Nc2cc(-c3ccccc3COC)ncn2)c1.CNS(=O)(=O)Cc1cccc([N+](=O)[O-])c1.COCc1ccccc1-c1cc(Cl)ncn1.COCc1ccccc1-c1cc(Cl)ncn1.COCc1ccccc1B(O)O.Clc1cc(Cl)ncn1.O=[N+]([O-])c1cccc(CS(=O)(=O)Cl)c1.